The van der Waals surface area contributed by atoms with Crippen molar-refractivity contribution in [2.75, 3.05) is 0 Å². The first kappa shape index (κ1) is 11.0. The number of ketones is 1. The zero-order chi connectivity index (χ0) is 10.4. The molecule has 2 nitrogen and oxygen atoms in total. The van der Waals surface area contributed by atoms with E-state index in [0.717, 1.165) is 4.88 Å². The first-order valence-electron chi connectivity index (χ1n) is 4.47. The van der Waals surface area contributed by atoms with Crippen LogP contribution in [-0.4, -0.2) is 5.78 Å². The van der Waals surface area contributed by atoms with Gasteiger partial charge in [-0.1, -0.05) is 6.07 Å². The standard InChI is InChI=1S/C11H13NOS/c1-2-3-4-6-9(13)11(12)10-7-5-8-14-10/h5,7-8,11H,4,6,12H2,1H3. The largest absolute Gasteiger partial charge is 0.317 e. The van der Waals surface area contributed by atoms with Crippen LogP contribution in [0, 0.1) is 11.8 Å². The van der Waals surface area contributed by atoms with E-state index in [4.69, 9.17) is 5.73 Å². The molecule has 0 saturated heterocycles. The van der Waals surface area contributed by atoms with E-state index in [2.05, 4.69) is 11.8 Å². The van der Waals surface area contributed by atoms with Crippen LogP contribution < -0.4 is 5.73 Å². The summed E-state index contributed by atoms with van der Waals surface area (Å²) >= 11 is 1.52. The molecule has 0 aliphatic rings. The molecule has 3 heteroatoms. The molecule has 0 spiro atoms. The zero-order valence-electron chi connectivity index (χ0n) is 8.12. The Kier molecular flexibility index (Phi) is 4.37. The van der Waals surface area contributed by atoms with Crippen LogP contribution in [0.25, 0.3) is 0 Å². The van der Waals surface area contributed by atoms with Crippen LogP contribution >= 0.6 is 11.3 Å². The maximum absolute atomic E-state index is 11.5. The highest BCUT2D eigenvalue weighted by Gasteiger charge is 2.15. The van der Waals surface area contributed by atoms with E-state index in [0.29, 0.717) is 12.8 Å². The summed E-state index contributed by atoms with van der Waals surface area (Å²) in [7, 11) is 0. The molecule has 14 heavy (non-hydrogen) atoms. The third-order valence-corrected chi connectivity index (χ3v) is 2.83. The minimum absolute atomic E-state index is 0.0650. The number of Topliss-reactive ketones (excluding diaryl/α,β-unsaturated/α-hetero) is 1. The van der Waals surface area contributed by atoms with Crippen molar-refractivity contribution in [3.63, 3.8) is 0 Å². The van der Waals surface area contributed by atoms with Crippen LogP contribution in [0.2, 0.25) is 0 Å². The lowest BCUT2D eigenvalue weighted by molar-refractivity contribution is -0.120. The molecule has 1 aromatic heterocycles. The molecule has 1 atom stereocenters. The fraction of sp³-hybridized carbons (Fsp3) is 0.364. The van der Waals surface area contributed by atoms with E-state index >= 15 is 0 Å². The van der Waals surface area contributed by atoms with E-state index in [-0.39, 0.29) is 5.78 Å². The van der Waals surface area contributed by atoms with Gasteiger partial charge in [0, 0.05) is 17.7 Å². The molecular weight excluding hydrogens is 194 g/mol. The molecule has 0 amide bonds. The average Bonchev–Trinajstić information content (AvgIpc) is 2.69. The minimum atomic E-state index is -0.464. The summed E-state index contributed by atoms with van der Waals surface area (Å²) in [6.07, 6.45) is 1.05. The molecule has 0 bridgehead atoms. The maximum Gasteiger partial charge on any atom is 0.155 e. The number of carbonyl (C=O) groups excluding carboxylic acids is 1. The van der Waals surface area contributed by atoms with Gasteiger partial charge in [-0.25, -0.2) is 0 Å². The molecule has 0 aliphatic heterocycles. The monoisotopic (exact) mass is 207 g/mol. The van der Waals surface area contributed by atoms with Crippen LogP contribution in [0.4, 0.5) is 0 Å². The van der Waals surface area contributed by atoms with Gasteiger partial charge in [-0.3, -0.25) is 4.79 Å². The van der Waals surface area contributed by atoms with Crippen molar-refractivity contribution in [1.29, 1.82) is 0 Å². The Hall–Kier alpha value is -1.11. The molecule has 0 saturated carbocycles. The Bertz CT molecular complexity index is 345. The highest BCUT2D eigenvalue weighted by Crippen LogP contribution is 2.18. The molecule has 0 aromatic carbocycles. The molecular formula is C11H13NOS. The van der Waals surface area contributed by atoms with Gasteiger partial charge in [0.15, 0.2) is 5.78 Å². The number of nitrogens with two attached hydrogens (primary N) is 1. The Morgan fingerprint density at radius 1 is 1.71 bits per heavy atom. The molecule has 74 valence electrons. The highest BCUT2D eigenvalue weighted by molar-refractivity contribution is 7.10. The number of hydrogen-bond acceptors (Lipinski definition) is 3. The number of carbonyl (C=O) groups is 1. The van der Waals surface area contributed by atoms with E-state index in [1.54, 1.807) is 6.92 Å². The number of rotatable bonds is 4. The quantitative estimate of drug-likeness (QED) is 0.768. The molecule has 0 aliphatic carbocycles. The van der Waals surface area contributed by atoms with E-state index in [1.807, 2.05) is 17.5 Å². The summed E-state index contributed by atoms with van der Waals surface area (Å²) in [5.41, 5.74) is 5.78. The van der Waals surface area contributed by atoms with Crippen LogP contribution in [-0.2, 0) is 4.79 Å². The fourth-order valence-corrected chi connectivity index (χ4v) is 1.84. The van der Waals surface area contributed by atoms with Crippen molar-refractivity contribution in [1.82, 2.24) is 0 Å². The summed E-state index contributed by atoms with van der Waals surface area (Å²) in [5.74, 6) is 5.68. The van der Waals surface area contributed by atoms with Gasteiger partial charge in [-0.2, -0.15) is 0 Å². The highest BCUT2D eigenvalue weighted by atomic mass is 32.1. The molecule has 2 N–H and O–H groups in total. The molecule has 0 fully saturated rings. The Morgan fingerprint density at radius 3 is 3.07 bits per heavy atom. The SMILES string of the molecule is CC#CCCC(=O)C(N)c1cccs1. The summed E-state index contributed by atoms with van der Waals surface area (Å²) in [4.78, 5) is 12.5. The van der Waals surface area contributed by atoms with Gasteiger partial charge < -0.3 is 5.73 Å². The van der Waals surface area contributed by atoms with Crippen molar-refractivity contribution in [2.45, 2.75) is 25.8 Å². The summed E-state index contributed by atoms with van der Waals surface area (Å²) in [5, 5.41) is 1.92. The molecule has 1 unspecified atom stereocenters. The minimum Gasteiger partial charge on any atom is -0.317 e. The fourth-order valence-electron chi connectivity index (χ4n) is 1.09. The predicted octanol–water partition coefficient (Wildman–Crippen LogP) is 2.12. The van der Waals surface area contributed by atoms with Gasteiger partial charge in [0.25, 0.3) is 0 Å². The predicted molar refractivity (Wildman–Crippen MR) is 58.9 cm³/mol. The van der Waals surface area contributed by atoms with Gasteiger partial charge in [0.05, 0.1) is 6.04 Å². The van der Waals surface area contributed by atoms with Crippen LogP contribution in [0.15, 0.2) is 17.5 Å². The van der Waals surface area contributed by atoms with Crippen molar-refractivity contribution in [3.05, 3.63) is 22.4 Å². The molecule has 1 heterocycles. The average molecular weight is 207 g/mol. The Morgan fingerprint density at radius 2 is 2.50 bits per heavy atom. The topological polar surface area (TPSA) is 43.1 Å². The third-order valence-electron chi connectivity index (χ3n) is 1.87. The van der Waals surface area contributed by atoms with Gasteiger partial charge in [-0.15, -0.1) is 23.2 Å². The van der Waals surface area contributed by atoms with Crippen LogP contribution in [0.1, 0.15) is 30.7 Å². The second-order valence-electron chi connectivity index (χ2n) is 2.89. The molecule has 0 radical (unpaired) electrons. The lowest BCUT2D eigenvalue weighted by Gasteiger charge is -2.06. The first-order chi connectivity index (χ1) is 6.75. The van der Waals surface area contributed by atoms with Gasteiger partial charge in [-0.05, 0) is 18.4 Å². The third kappa shape index (κ3) is 2.99. The van der Waals surface area contributed by atoms with Gasteiger partial charge in [0.1, 0.15) is 0 Å². The second kappa shape index (κ2) is 5.58. The van der Waals surface area contributed by atoms with E-state index in [1.165, 1.54) is 11.3 Å². The first-order valence-corrected chi connectivity index (χ1v) is 5.35. The molecule has 1 aromatic rings. The van der Waals surface area contributed by atoms with Crippen molar-refractivity contribution in [2.24, 2.45) is 5.73 Å². The lowest BCUT2D eigenvalue weighted by Crippen LogP contribution is -2.19. The normalized spacial score (nSPS) is 11.6. The maximum atomic E-state index is 11.5. The summed E-state index contributed by atoms with van der Waals surface area (Å²) in [6.45, 7) is 1.77. The van der Waals surface area contributed by atoms with E-state index < -0.39 is 6.04 Å². The lowest BCUT2D eigenvalue weighted by atomic mass is 10.1. The summed E-state index contributed by atoms with van der Waals surface area (Å²) in [6, 6.07) is 3.33. The van der Waals surface area contributed by atoms with Crippen molar-refractivity contribution < 1.29 is 4.79 Å². The van der Waals surface area contributed by atoms with Crippen LogP contribution in [0.5, 0.6) is 0 Å². The van der Waals surface area contributed by atoms with Crippen molar-refractivity contribution in [3.8, 4) is 11.8 Å². The van der Waals surface area contributed by atoms with Crippen molar-refractivity contribution >= 4 is 17.1 Å². The van der Waals surface area contributed by atoms with Gasteiger partial charge >= 0.3 is 0 Å². The number of thiophene rings is 1. The smallest absolute Gasteiger partial charge is 0.155 e. The summed E-state index contributed by atoms with van der Waals surface area (Å²) < 4.78 is 0. The van der Waals surface area contributed by atoms with E-state index in [9.17, 15) is 4.79 Å². The second-order valence-corrected chi connectivity index (χ2v) is 3.87. The van der Waals surface area contributed by atoms with Crippen LogP contribution in [0.3, 0.4) is 0 Å². The van der Waals surface area contributed by atoms with Gasteiger partial charge in [0.2, 0.25) is 0 Å². The Labute approximate surface area is 88.1 Å². The Balaban J connectivity index is 2.48. The zero-order valence-corrected chi connectivity index (χ0v) is 8.93. The molecule has 1 rings (SSSR count). The number of hydrogen-bond donors (Lipinski definition) is 1.